The van der Waals surface area contributed by atoms with E-state index in [1.54, 1.807) is 14.2 Å². The highest BCUT2D eigenvalue weighted by molar-refractivity contribution is 6.11. The maximum Gasteiger partial charge on any atom is 0.259 e. The van der Waals surface area contributed by atoms with Gasteiger partial charge in [0, 0.05) is 55.0 Å². The molecule has 2 aromatic carbocycles. The Morgan fingerprint density at radius 2 is 1.94 bits per heavy atom. The number of benzene rings is 2. The van der Waals surface area contributed by atoms with Crippen LogP contribution >= 0.6 is 0 Å². The lowest BCUT2D eigenvalue weighted by molar-refractivity contribution is -0.139. The molecule has 32 heavy (non-hydrogen) atoms. The summed E-state index contributed by atoms with van der Waals surface area (Å²) in [6, 6.07) is 13.9. The summed E-state index contributed by atoms with van der Waals surface area (Å²) in [5.74, 6) is -0.197. The summed E-state index contributed by atoms with van der Waals surface area (Å²) in [6.45, 7) is 2.93. The van der Waals surface area contributed by atoms with Gasteiger partial charge >= 0.3 is 0 Å². The molecule has 1 unspecified atom stereocenters. The Balaban J connectivity index is 1.80. The number of para-hydroxylation sites is 1. The van der Waals surface area contributed by atoms with Crippen LogP contribution in [0.1, 0.15) is 24.0 Å². The van der Waals surface area contributed by atoms with Crippen molar-refractivity contribution in [3.63, 3.8) is 0 Å². The maximum absolute atomic E-state index is 13.5. The van der Waals surface area contributed by atoms with Crippen molar-refractivity contribution in [1.82, 2.24) is 9.47 Å². The Bertz CT molecular complexity index is 1270. The summed E-state index contributed by atoms with van der Waals surface area (Å²) in [4.78, 5) is 27.0. The molecule has 5 rings (SSSR count). The summed E-state index contributed by atoms with van der Waals surface area (Å²) in [5, 5.41) is 4.55. The molecule has 3 aromatic rings. The van der Waals surface area contributed by atoms with Gasteiger partial charge in [-0.2, -0.15) is 0 Å². The Morgan fingerprint density at radius 3 is 2.69 bits per heavy atom. The maximum atomic E-state index is 13.5. The van der Waals surface area contributed by atoms with Crippen LogP contribution in [0.2, 0.25) is 0 Å². The van der Waals surface area contributed by atoms with E-state index in [0.29, 0.717) is 24.5 Å². The smallest absolute Gasteiger partial charge is 0.259 e. The van der Waals surface area contributed by atoms with Crippen LogP contribution in [0.5, 0.6) is 5.75 Å². The molecule has 164 valence electrons. The van der Waals surface area contributed by atoms with Crippen LogP contribution in [0, 0.1) is 0 Å². The fraction of sp³-hybridized carbons (Fsp3) is 0.280. The average molecular weight is 431 g/mol. The van der Waals surface area contributed by atoms with Crippen molar-refractivity contribution < 1.29 is 19.1 Å². The molecule has 1 aromatic heterocycles. The molecule has 2 aliphatic rings. The number of imide groups is 1. The fourth-order valence-corrected chi connectivity index (χ4v) is 4.88. The molecule has 7 nitrogen and oxygen atoms in total. The number of hydrogen-bond donors (Lipinski definition) is 1. The number of carbonyl (C=O) groups excluding carboxylic acids is 2. The molecule has 0 fully saturated rings. The molecule has 0 saturated heterocycles. The van der Waals surface area contributed by atoms with Crippen LogP contribution in [0.25, 0.3) is 10.9 Å². The highest BCUT2D eigenvalue weighted by Crippen LogP contribution is 2.48. The van der Waals surface area contributed by atoms with Gasteiger partial charge < -0.3 is 19.4 Å². The van der Waals surface area contributed by atoms with Gasteiger partial charge in [0.2, 0.25) is 5.91 Å². The monoisotopic (exact) mass is 431 g/mol. The molecule has 0 saturated carbocycles. The Morgan fingerprint density at radius 1 is 1.12 bits per heavy atom. The van der Waals surface area contributed by atoms with Gasteiger partial charge in [-0.25, -0.2) is 0 Å². The first-order chi connectivity index (χ1) is 15.5. The average Bonchev–Trinajstić information content (AvgIpc) is 3.27. The van der Waals surface area contributed by atoms with Crippen LogP contribution in [-0.4, -0.2) is 48.7 Å². The molecule has 1 atom stereocenters. The van der Waals surface area contributed by atoms with Crippen LogP contribution in [0.15, 0.2) is 59.9 Å². The zero-order valence-electron chi connectivity index (χ0n) is 18.3. The van der Waals surface area contributed by atoms with Crippen molar-refractivity contribution in [3.8, 4) is 5.75 Å². The van der Waals surface area contributed by atoms with Crippen molar-refractivity contribution >= 4 is 28.4 Å². The minimum Gasteiger partial charge on any atom is -0.496 e. The lowest BCUT2D eigenvalue weighted by atomic mass is 9.84. The van der Waals surface area contributed by atoms with Gasteiger partial charge in [-0.1, -0.05) is 24.3 Å². The number of anilines is 1. The second kappa shape index (κ2) is 7.84. The number of carbonyl (C=O) groups is 2. The number of ether oxygens (including phenoxy) is 2. The van der Waals surface area contributed by atoms with Crippen molar-refractivity contribution in [2.24, 2.45) is 0 Å². The largest absolute Gasteiger partial charge is 0.496 e. The molecule has 1 N–H and O–H groups in total. The molecule has 7 heteroatoms. The first-order valence-electron chi connectivity index (χ1n) is 10.6. The summed E-state index contributed by atoms with van der Waals surface area (Å²) in [5.41, 5.74) is 5.24. The number of methoxy groups -OCH3 is 2. The summed E-state index contributed by atoms with van der Waals surface area (Å²) >= 11 is 0. The molecular formula is C25H25N3O4. The van der Waals surface area contributed by atoms with E-state index in [1.165, 1.54) is 11.8 Å². The topological polar surface area (TPSA) is 72.8 Å². The lowest BCUT2D eigenvalue weighted by Gasteiger charge is -2.21. The molecule has 2 amide bonds. The highest BCUT2D eigenvalue weighted by atomic mass is 16.5. The zero-order valence-corrected chi connectivity index (χ0v) is 18.3. The van der Waals surface area contributed by atoms with Crippen LogP contribution in [-0.2, 0) is 20.9 Å². The van der Waals surface area contributed by atoms with Crippen molar-refractivity contribution in [1.29, 1.82) is 0 Å². The predicted octanol–water partition coefficient (Wildman–Crippen LogP) is 3.50. The predicted molar refractivity (Wildman–Crippen MR) is 122 cm³/mol. The van der Waals surface area contributed by atoms with E-state index in [1.807, 2.05) is 36.4 Å². The number of nitrogens with one attached hydrogen (secondary N) is 1. The molecule has 0 aliphatic carbocycles. The standard InChI is InChI=1S/C25H25N3O4/c1-15(29)28-14-19-24(25(28)30)22(16-7-4-5-10-21(16)32-3)17-13-27(11-12-31-2)20-9-6-8-18(26-19)23(17)20/h4-10,13,22,26H,11-12,14H2,1-3H3. The third-order valence-corrected chi connectivity index (χ3v) is 6.30. The van der Waals surface area contributed by atoms with E-state index in [-0.39, 0.29) is 24.3 Å². The number of aromatic nitrogens is 1. The van der Waals surface area contributed by atoms with Gasteiger partial charge in [-0.15, -0.1) is 0 Å². The molecule has 0 spiro atoms. The molecule has 3 heterocycles. The molecule has 0 bridgehead atoms. The fourth-order valence-electron chi connectivity index (χ4n) is 4.88. The first kappa shape index (κ1) is 20.3. The SMILES string of the molecule is COCCn1cc2c3c(cccc31)NC1=C(C(=O)N(C(C)=O)C1)C2c1ccccc1OC. The van der Waals surface area contributed by atoms with Crippen molar-refractivity contribution in [2.75, 3.05) is 32.7 Å². The van der Waals surface area contributed by atoms with Crippen molar-refractivity contribution in [3.05, 3.63) is 71.1 Å². The molecule has 0 radical (unpaired) electrons. The van der Waals surface area contributed by atoms with Crippen LogP contribution in [0.3, 0.4) is 0 Å². The first-order valence-corrected chi connectivity index (χ1v) is 10.6. The molecule has 2 aliphatic heterocycles. The summed E-state index contributed by atoms with van der Waals surface area (Å²) in [6.07, 6.45) is 2.10. The third kappa shape index (κ3) is 3.00. The quantitative estimate of drug-likeness (QED) is 0.670. The zero-order chi connectivity index (χ0) is 22.4. The number of rotatable bonds is 5. The molecular weight excluding hydrogens is 406 g/mol. The van der Waals surface area contributed by atoms with E-state index < -0.39 is 0 Å². The van der Waals surface area contributed by atoms with Crippen molar-refractivity contribution in [2.45, 2.75) is 19.4 Å². The summed E-state index contributed by atoms with van der Waals surface area (Å²) < 4.78 is 13.2. The number of hydrogen-bond acceptors (Lipinski definition) is 5. The third-order valence-electron chi connectivity index (χ3n) is 6.30. The lowest BCUT2D eigenvalue weighted by Crippen LogP contribution is -2.33. The minimum absolute atomic E-state index is 0.236. The number of amides is 2. The van der Waals surface area contributed by atoms with Crippen LogP contribution < -0.4 is 10.1 Å². The second-order valence-electron chi connectivity index (χ2n) is 8.07. The van der Waals surface area contributed by atoms with E-state index in [2.05, 4.69) is 22.1 Å². The van der Waals surface area contributed by atoms with Gasteiger partial charge in [0.25, 0.3) is 5.91 Å². The minimum atomic E-state index is -0.375. The van der Waals surface area contributed by atoms with E-state index in [9.17, 15) is 9.59 Å². The normalized spacial score (nSPS) is 17.4. The summed E-state index contributed by atoms with van der Waals surface area (Å²) in [7, 11) is 3.32. The van der Waals surface area contributed by atoms with Gasteiger partial charge in [-0.05, 0) is 23.8 Å². The van der Waals surface area contributed by atoms with Gasteiger partial charge in [-0.3, -0.25) is 14.5 Å². The second-order valence-corrected chi connectivity index (χ2v) is 8.07. The van der Waals surface area contributed by atoms with Gasteiger partial charge in [0.1, 0.15) is 5.75 Å². The Labute approximate surface area is 186 Å². The van der Waals surface area contributed by atoms with Crippen LogP contribution in [0.4, 0.5) is 5.69 Å². The van der Waals surface area contributed by atoms with E-state index in [4.69, 9.17) is 9.47 Å². The number of nitrogens with zero attached hydrogens (tertiary/aromatic N) is 2. The Kier molecular flexibility index (Phi) is 4.98. The highest BCUT2D eigenvalue weighted by Gasteiger charge is 2.42. The van der Waals surface area contributed by atoms with E-state index in [0.717, 1.165) is 33.4 Å². The Hall–Kier alpha value is -3.58. The van der Waals surface area contributed by atoms with Gasteiger partial charge in [0.15, 0.2) is 0 Å². The van der Waals surface area contributed by atoms with Gasteiger partial charge in [0.05, 0.1) is 31.4 Å². The van der Waals surface area contributed by atoms with E-state index >= 15 is 0 Å².